The molecule has 3 aromatic heterocycles. The van der Waals surface area contributed by atoms with Crippen LogP contribution in [0.25, 0.3) is 16.2 Å². The Hall–Kier alpha value is -4.71. The number of carbonyl (C=O) groups excluding carboxylic acids is 1. The summed E-state index contributed by atoms with van der Waals surface area (Å²) in [7, 11) is 3.56. The van der Waals surface area contributed by atoms with Crippen LogP contribution < -0.4 is 25.7 Å². The zero-order valence-electron chi connectivity index (χ0n) is 43.9. The molecular weight excluding hydrogens is 1020 g/mol. The topological polar surface area (TPSA) is 182 Å². The number of anilines is 2. The van der Waals surface area contributed by atoms with Crippen molar-refractivity contribution in [2.45, 2.75) is 78.1 Å². The number of halogens is 1. The second-order valence-corrected chi connectivity index (χ2v) is 17.2. The van der Waals surface area contributed by atoms with E-state index in [0.717, 1.165) is 52.8 Å². The van der Waals surface area contributed by atoms with E-state index in [9.17, 15) is 14.0 Å². The molecule has 1 saturated carbocycles. The van der Waals surface area contributed by atoms with E-state index in [1.165, 1.54) is 44.1 Å². The molecule has 401 valence electrons. The Morgan fingerprint density at radius 2 is 1.49 bits per heavy atom. The number of aryl methyl sites for hydroxylation is 2. The van der Waals surface area contributed by atoms with Gasteiger partial charge in [0.2, 0.25) is 0 Å². The molecule has 0 bridgehead atoms. The number of ether oxygens (including phenoxy) is 6. The Kier molecular flexibility index (Phi) is 33.3. The van der Waals surface area contributed by atoms with Crippen molar-refractivity contribution in [2.75, 3.05) is 117 Å². The van der Waals surface area contributed by atoms with Crippen molar-refractivity contribution in [1.82, 2.24) is 19.9 Å². The number of pyridine rings is 3. The molecule has 4 heterocycles. The van der Waals surface area contributed by atoms with Crippen LogP contribution in [0.5, 0.6) is 5.75 Å². The van der Waals surface area contributed by atoms with E-state index >= 15 is 0 Å². The number of rotatable bonds is 28. The summed E-state index contributed by atoms with van der Waals surface area (Å²) in [6.07, 6.45) is 18.1. The molecule has 2 aliphatic rings. The number of hydrogen-bond donors (Lipinski definition) is 3. The summed E-state index contributed by atoms with van der Waals surface area (Å²) in [5.74, 6) is 2.02. The molecule has 1 saturated heterocycles. The Morgan fingerprint density at radius 3 is 2.05 bits per heavy atom. The summed E-state index contributed by atoms with van der Waals surface area (Å²) in [4.78, 5) is 34.0. The summed E-state index contributed by atoms with van der Waals surface area (Å²) in [5, 5.41) is 19.4. The monoisotopic (exact) mass is 1100 g/mol. The number of nitrogens with zero attached hydrogens (tertiary/aromatic N) is 5. The molecule has 0 atom stereocenters. The molecule has 5 aromatic rings. The van der Waals surface area contributed by atoms with Crippen LogP contribution in [0, 0.1) is 32.0 Å². The number of nitrogens with one attached hydrogen (secondary N) is 2. The van der Waals surface area contributed by atoms with Crippen molar-refractivity contribution >= 4 is 28.6 Å². The maximum Gasteiger partial charge on any atom is 0.193 e. The molecule has 1 aliphatic carbocycles. The maximum atomic E-state index is 14.6. The van der Waals surface area contributed by atoms with Gasteiger partial charge in [0.05, 0.1) is 90.1 Å². The first-order valence-corrected chi connectivity index (χ1v) is 25.2. The van der Waals surface area contributed by atoms with Gasteiger partial charge >= 0.3 is 0 Å². The largest absolute Gasteiger partial charge is 0.662 e. The summed E-state index contributed by atoms with van der Waals surface area (Å²) in [6.45, 7) is 13.2. The van der Waals surface area contributed by atoms with Crippen LogP contribution in [0.1, 0.15) is 72.6 Å². The van der Waals surface area contributed by atoms with Crippen LogP contribution in [0.3, 0.4) is 0 Å². The Balaban J connectivity index is 0.000000283. The molecule has 0 spiro atoms. The molecule has 3 N–H and O–H groups in total. The predicted octanol–water partition coefficient (Wildman–Crippen LogP) is 7.74. The molecule has 1 radical (unpaired) electrons. The van der Waals surface area contributed by atoms with Gasteiger partial charge in [0.25, 0.3) is 0 Å². The molecule has 2 fully saturated rings. The van der Waals surface area contributed by atoms with Gasteiger partial charge in [0.15, 0.2) is 17.0 Å². The van der Waals surface area contributed by atoms with E-state index in [1.54, 1.807) is 19.3 Å². The number of aromatic nitrogens is 3. The Morgan fingerprint density at radius 1 is 0.824 bits per heavy atom. The van der Waals surface area contributed by atoms with E-state index in [4.69, 9.17) is 40.0 Å². The van der Waals surface area contributed by atoms with Gasteiger partial charge in [-0.05, 0) is 99.5 Å². The van der Waals surface area contributed by atoms with Crippen molar-refractivity contribution in [1.29, 1.82) is 0 Å². The van der Waals surface area contributed by atoms with E-state index in [0.29, 0.717) is 116 Å². The van der Waals surface area contributed by atoms with Gasteiger partial charge in [-0.2, -0.15) is 7.05 Å². The van der Waals surface area contributed by atoms with E-state index < -0.39 is 5.82 Å². The average molecular weight is 1100 g/mol. The van der Waals surface area contributed by atoms with Crippen molar-refractivity contribution in [2.24, 2.45) is 0 Å². The fourth-order valence-electron chi connectivity index (χ4n) is 7.32. The number of carbonyl (C=O) groups is 1. The molecule has 2 aromatic carbocycles. The molecule has 1 aliphatic heterocycles. The number of aldehydes is 1. The van der Waals surface area contributed by atoms with Crippen molar-refractivity contribution < 1.29 is 75.4 Å². The number of aliphatic hydroxyl groups excluding tert-OH is 1. The number of hydrogen-bond acceptors (Lipinski definition) is 14. The first-order chi connectivity index (χ1) is 35.7. The van der Waals surface area contributed by atoms with E-state index in [2.05, 4.69) is 53.4 Å². The Bertz CT molecular complexity index is 2380. The van der Waals surface area contributed by atoms with Crippen LogP contribution in [0.4, 0.5) is 15.8 Å². The van der Waals surface area contributed by atoms with Gasteiger partial charge in [-0.3, -0.25) is 14.8 Å². The minimum atomic E-state index is -0.518. The van der Waals surface area contributed by atoms with Crippen molar-refractivity contribution in [3.05, 3.63) is 129 Å². The Labute approximate surface area is 462 Å². The van der Waals surface area contributed by atoms with Crippen LogP contribution in [0.2, 0.25) is 0 Å². The fraction of sp³-hybridized carbons (Fsp3) is 0.500. The third-order valence-corrected chi connectivity index (χ3v) is 11.4. The molecule has 7 rings (SSSR count). The normalized spacial score (nSPS) is 12.7. The summed E-state index contributed by atoms with van der Waals surface area (Å²) < 4.78 is 48.2. The second kappa shape index (κ2) is 38.8. The number of benzene rings is 2. The number of piperidine rings is 1. The number of terminal acetylenes is 1. The van der Waals surface area contributed by atoms with Gasteiger partial charge in [-0.25, -0.2) is 4.39 Å². The predicted molar refractivity (Wildman–Crippen MR) is 286 cm³/mol. The van der Waals surface area contributed by atoms with Gasteiger partial charge < -0.3 is 63.7 Å². The maximum absolute atomic E-state index is 14.6. The first kappa shape index (κ1) is 63.6. The minimum absolute atomic E-state index is 0. The smallest absolute Gasteiger partial charge is 0.193 e. The molecule has 0 amide bonds. The fourth-order valence-corrected chi connectivity index (χ4v) is 7.32. The zero-order valence-corrected chi connectivity index (χ0v) is 46.7. The van der Waals surface area contributed by atoms with Crippen LogP contribution in [-0.2, 0) is 80.9 Å². The third kappa shape index (κ3) is 25.2. The van der Waals surface area contributed by atoms with E-state index in [-0.39, 0.29) is 50.5 Å². The molecule has 0 unspecified atom stereocenters. The zero-order chi connectivity index (χ0) is 52.3. The third-order valence-electron chi connectivity index (χ3n) is 11.4. The molecule has 74 heavy (non-hydrogen) atoms. The SMILES string of the molecule is C#CCOCCOCCOCCOCCOCCC=O.CNc1ccc(CO)cc1.C[N-]CCOc1cc2c(cc1F)c(=O)c(CNCc1ccnc(C)c1)cn2C1CC1.Cc1ccc(N2CCCCC2)cn1.[Y]. The molecular formula is C56H77FN7O9Y-. The van der Waals surface area contributed by atoms with Crippen LogP contribution >= 0.6 is 0 Å². The average Bonchev–Trinajstić information content (AvgIpc) is 4.27. The summed E-state index contributed by atoms with van der Waals surface area (Å²) >= 11 is 0. The van der Waals surface area contributed by atoms with Crippen molar-refractivity contribution in [3.63, 3.8) is 0 Å². The van der Waals surface area contributed by atoms with Crippen LogP contribution in [0.15, 0.2) is 84.0 Å². The van der Waals surface area contributed by atoms with Crippen LogP contribution in [-0.4, -0.2) is 132 Å². The first-order valence-electron chi connectivity index (χ1n) is 25.2. The quantitative estimate of drug-likeness (QED) is 0.0251. The van der Waals surface area contributed by atoms with Gasteiger partial charge in [0, 0.05) is 125 Å². The van der Waals surface area contributed by atoms with Crippen molar-refractivity contribution in [3.8, 4) is 18.1 Å². The number of aliphatic hydroxyl groups is 1. The second-order valence-electron chi connectivity index (χ2n) is 17.2. The summed E-state index contributed by atoms with van der Waals surface area (Å²) in [5.41, 5.74) is 7.67. The van der Waals surface area contributed by atoms with Gasteiger partial charge in [-0.1, -0.05) is 18.1 Å². The van der Waals surface area contributed by atoms with Gasteiger partial charge in [0.1, 0.15) is 12.9 Å². The minimum Gasteiger partial charge on any atom is -0.662 e. The number of fused-ring (bicyclic) bond motifs is 1. The van der Waals surface area contributed by atoms with Gasteiger partial charge in [-0.15, -0.1) is 13.0 Å². The van der Waals surface area contributed by atoms with E-state index in [1.807, 2.05) is 69.7 Å². The summed E-state index contributed by atoms with van der Waals surface area (Å²) in [6, 6.07) is 19.2. The standard InChI is InChI=1S/C23H26FN4O2.C14H24O6.C11H16N2.C8H11NO.Y/c1-15-9-16(5-6-27-15)12-26-13-17-14-28(18-3-4-18)21-11-22(30-8-7-25-2)20(24)10-19(21)23(17)29;1-2-5-16-7-9-18-11-13-20-14-12-19-10-8-17-6-3-4-15;1-10-5-6-11(9-12-10)13-7-3-2-4-8-13;1-9-8-4-2-7(6-10)3-5-8;/h5-6,9-11,14,18,26H,3-4,7-8,12-13H2,1-2H3;1,4H,3,5-14H2;5-6,9H,2-4,7-8H2,1H3;2-5,9-10H,6H2,1H3;/q-1;;;;. The molecule has 18 heteroatoms. The molecule has 16 nitrogen and oxygen atoms in total. The number of likely N-dealkylation sites (N-methyl/N-ethyl adjacent to an activating group) is 1.